The highest BCUT2D eigenvalue weighted by Crippen LogP contribution is 2.18. The Morgan fingerprint density at radius 2 is 1.84 bits per heavy atom. The van der Waals surface area contributed by atoms with Gasteiger partial charge in [0, 0.05) is 29.8 Å². The molecule has 2 aromatic rings. The van der Waals surface area contributed by atoms with Gasteiger partial charge in [0.15, 0.2) is 6.61 Å². The molecule has 0 aliphatic carbocycles. The van der Waals surface area contributed by atoms with Gasteiger partial charge in [0.2, 0.25) is 5.78 Å². The van der Waals surface area contributed by atoms with E-state index in [0.29, 0.717) is 10.5 Å². The van der Waals surface area contributed by atoms with Gasteiger partial charge in [-0.3, -0.25) is 9.00 Å². The van der Waals surface area contributed by atoms with Gasteiger partial charge >= 0.3 is 5.97 Å². The zero-order valence-electron chi connectivity index (χ0n) is 15.0. The molecule has 2 rings (SSSR count). The molecule has 0 unspecified atom stereocenters. The van der Waals surface area contributed by atoms with Crippen LogP contribution in [0.4, 0.5) is 0 Å². The van der Waals surface area contributed by atoms with Crippen molar-refractivity contribution in [2.75, 3.05) is 12.9 Å². The molecule has 0 radical (unpaired) electrons. The first-order valence-electron chi connectivity index (χ1n) is 8.16. The van der Waals surface area contributed by atoms with Crippen LogP contribution in [0.3, 0.4) is 0 Å². The second-order valence-corrected chi connectivity index (χ2v) is 7.23. The Labute approximate surface area is 150 Å². The van der Waals surface area contributed by atoms with Crippen molar-refractivity contribution in [3.8, 4) is 0 Å². The van der Waals surface area contributed by atoms with Crippen LogP contribution in [0.25, 0.3) is 0 Å². The van der Waals surface area contributed by atoms with Gasteiger partial charge in [0.1, 0.15) is 0 Å². The maximum atomic E-state index is 12.4. The van der Waals surface area contributed by atoms with Crippen molar-refractivity contribution in [1.82, 2.24) is 4.57 Å². The first kappa shape index (κ1) is 19.1. The molecule has 0 amide bonds. The molecular formula is C19H23NO4S. The molecule has 1 heterocycles. The zero-order chi connectivity index (χ0) is 18.6. The van der Waals surface area contributed by atoms with Gasteiger partial charge in [-0.15, -0.1) is 0 Å². The minimum absolute atomic E-state index is 0.229. The Bertz CT molecular complexity index is 823. The fourth-order valence-corrected chi connectivity index (χ4v) is 3.55. The van der Waals surface area contributed by atoms with Crippen molar-refractivity contribution in [3.05, 3.63) is 52.8 Å². The van der Waals surface area contributed by atoms with Gasteiger partial charge in [-0.25, -0.2) is 4.79 Å². The number of benzene rings is 1. The number of carbonyl (C=O) groups is 2. The van der Waals surface area contributed by atoms with Gasteiger partial charge < -0.3 is 9.30 Å². The molecule has 0 saturated carbocycles. The van der Waals surface area contributed by atoms with E-state index in [1.807, 2.05) is 19.9 Å². The van der Waals surface area contributed by atoms with E-state index in [1.54, 1.807) is 24.3 Å². The summed E-state index contributed by atoms with van der Waals surface area (Å²) in [5.41, 5.74) is 2.70. The molecule has 0 aliphatic heterocycles. The van der Waals surface area contributed by atoms with E-state index in [1.165, 1.54) is 6.26 Å². The molecule has 0 fully saturated rings. The number of aromatic nitrogens is 1. The Balaban J connectivity index is 2.12. The second kappa shape index (κ2) is 8.25. The Morgan fingerprint density at radius 3 is 2.48 bits per heavy atom. The quantitative estimate of drug-likeness (QED) is 0.561. The molecule has 0 spiro atoms. The maximum Gasteiger partial charge on any atom is 0.339 e. The lowest BCUT2D eigenvalue weighted by Gasteiger charge is -2.09. The van der Waals surface area contributed by atoms with Crippen LogP contribution >= 0.6 is 0 Å². The number of aryl methyl sites for hydroxylation is 1. The van der Waals surface area contributed by atoms with Crippen LogP contribution in [0.5, 0.6) is 0 Å². The zero-order valence-corrected chi connectivity index (χ0v) is 15.8. The molecule has 0 saturated heterocycles. The Kier molecular flexibility index (Phi) is 6.31. The first-order chi connectivity index (χ1) is 11.9. The van der Waals surface area contributed by atoms with Gasteiger partial charge in [-0.05, 0) is 38.5 Å². The number of hydrogen-bond acceptors (Lipinski definition) is 4. The highest BCUT2D eigenvalue weighted by atomic mass is 32.2. The average molecular weight is 361 g/mol. The molecule has 1 atom stereocenters. The molecule has 134 valence electrons. The molecule has 1 aromatic heterocycles. The van der Waals surface area contributed by atoms with Gasteiger partial charge in [0.25, 0.3) is 0 Å². The second-order valence-electron chi connectivity index (χ2n) is 5.89. The SMILES string of the molecule is CCCn1c(C)cc(C(=O)COC(=O)c2ccccc2[S@](C)=O)c1C. The smallest absolute Gasteiger partial charge is 0.339 e. The topological polar surface area (TPSA) is 65.4 Å². The third-order valence-electron chi connectivity index (χ3n) is 4.07. The number of esters is 1. The summed E-state index contributed by atoms with van der Waals surface area (Å²) in [7, 11) is -1.31. The van der Waals surface area contributed by atoms with Gasteiger partial charge in [-0.2, -0.15) is 0 Å². The van der Waals surface area contributed by atoms with Crippen LogP contribution in [-0.4, -0.2) is 33.4 Å². The Morgan fingerprint density at radius 1 is 1.16 bits per heavy atom. The normalized spacial score (nSPS) is 12.0. The lowest BCUT2D eigenvalue weighted by Crippen LogP contribution is -2.16. The third-order valence-corrected chi connectivity index (χ3v) is 5.05. The molecule has 1 aromatic carbocycles. The van der Waals surface area contributed by atoms with Crippen LogP contribution in [0.15, 0.2) is 35.2 Å². The van der Waals surface area contributed by atoms with E-state index in [9.17, 15) is 13.8 Å². The van der Waals surface area contributed by atoms with Crippen molar-refractivity contribution >= 4 is 22.6 Å². The maximum absolute atomic E-state index is 12.4. The summed E-state index contributed by atoms with van der Waals surface area (Å²) in [4.78, 5) is 25.1. The van der Waals surface area contributed by atoms with Crippen LogP contribution < -0.4 is 0 Å². The van der Waals surface area contributed by atoms with Crippen molar-refractivity contribution < 1.29 is 18.5 Å². The van der Waals surface area contributed by atoms with Crippen molar-refractivity contribution in [2.45, 2.75) is 38.6 Å². The fraction of sp³-hybridized carbons (Fsp3) is 0.368. The summed E-state index contributed by atoms with van der Waals surface area (Å²) in [5, 5.41) is 0. The van der Waals surface area contributed by atoms with Crippen LogP contribution in [0.2, 0.25) is 0 Å². The summed E-state index contributed by atoms with van der Waals surface area (Å²) in [5.74, 6) is -0.875. The lowest BCUT2D eigenvalue weighted by atomic mass is 10.1. The van der Waals surface area contributed by atoms with E-state index in [0.717, 1.165) is 24.4 Å². The van der Waals surface area contributed by atoms with E-state index in [-0.39, 0.29) is 18.0 Å². The average Bonchev–Trinajstić information content (AvgIpc) is 2.88. The molecule has 6 heteroatoms. The van der Waals surface area contributed by atoms with Crippen LogP contribution in [0.1, 0.15) is 45.4 Å². The molecule has 0 aliphatic rings. The van der Waals surface area contributed by atoms with Gasteiger partial charge in [0.05, 0.1) is 21.3 Å². The van der Waals surface area contributed by atoms with Gasteiger partial charge in [-0.1, -0.05) is 19.1 Å². The monoisotopic (exact) mass is 361 g/mol. The standard InChI is InChI=1S/C19H23NO4S/c1-5-10-20-13(2)11-16(14(20)3)17(21)12-24-19(22)15-8-6-7-9-18(15)25(4)23/h6-9,11H,5,10,12H2,1-4H3/t25-/m0/s1. The minimum atomic E-state index is -1.31. The first-order valence-corrected chi connectivity index (χ1v) is 9.72. The number of Topliss-reactive ketones (excluding diaryl/α,β-unsaturated/α-hetero) is 1. The number of ketones is 1. The van der Waals surface area contributed by atoms with E-state index >= 15 is 0 Å². The number of carbonyl (C=O) groups excluding carboxylic acids is 2. The summed E-state index contributed by atoms with van der Waals surface area (Å²) in [6.07, 6.45) is 2.48. The highest BCUT2D eigenvalue weighted by molar-refractivity contribution is 7.84. The summed E-state index contributed by atoms with van der Waals surface area (Å²) < 4.78 is 19.0. The third kappa shape index (κ3) is 4.25. The molecule has 25 heavy (non-hydrogen) atoms. The predicted molar refractivity (Wildman–Crippen MR) is 97.6 cm³/mol. The number of hydrogen-bond donors (Lipinski definition) is 0. The highest BCUT2D eigenvalue weighted by Gasteiger charge is 2.19. The minimum Gasteiger partial charge on any atom is -0.454 e. The molecule has 0 bridgehead atoms. The lowest BCUT2D eigenvalue weighted by molar-refractivity contribution is 0.0471. The van der Waals surface area contributed by atoms with Crippen LogP contribution in [-0.2, 0) is 22.1 Å². The summed E-state index contributed by atoms with van der Waals surface area (Å²) in [6, 6.07) is 8.38. The molecule has 0 N–H and O–H groups in total. The fourth-order valence-electron chi connectivity index (χ4n) is 2.82. The van der Waals surface area contributed by atoms with E-state index in [2.05, 4.69) is 11.5 Å². The van der Waals surface area contributed by atoms with Crippen molar-refractivity contribution in [3.63, 3.8) is 0 Å². The molecule has 5 nitrogen and oxygen atoms in total. The predicted octanol–water partition coefficient (Wildman–Crippen LogP) is 3.29. The number of rotatable bonds is 7. The Hall–Kier alpha value is -2.21. The summed E-state index contributed by atoms with van der Waals surface area (Å²) in [6.45, 7) is 6.45. The number of nitrogens with zero attached hydrogens (tertiary/aromatic N) is 1. The van der Waals surface area contributed by atoms with E-state index in [4.69, 9.17) is 4.74 Å². The summed E-state index contributed by atoms with van der Waals surface area (Å²) >= 11 is 0. The van der Waals surface area contributed by atoms with E-state index < -0.39 is 16.8 Å². The number of ether oxygens (including phenoxy) is 1. The van der Waals surface area contributed by atoms with Crippen LogP contribution in [0, 0.1) is 13.8 Å². The van der Waals surface area contributed by atoms with Crippen molar-refractivity contribution in [2.24, 2.45) is 0 Å². The molecular weight excluding hydrogens is 338 g/mol. The largest absolute Gasteiger partial charge is 0.454 e. The van der Waals surface area contributed by atoms with Crippen molar-refractivity contribution in [1.29, 1.82) is 0 Å².